The molecule has 0 aromatic heterocycles. The average Bonchev–Trinajstić information content (AvgIpc) is 3.24. The number of aliphatic hydroxyl groups is 1. The van der Waals surface area contributed by atoms with Gasteiger partial charge in [-0.25, -0.2) is 9.18 Å². The van der Waals surface area contributed by atoms with Crippen LogP contribution in [-0.2, 0) is 4.74 Å². The molecule has 0 spiro atoms. The quantitative estimate of drug-likeness (QED) is 0.707. The molecular weight excluding hydrogens is 373 g/mol. The molecule has 1 aliphatic carbocycles. The van der Waals surface area contributed by atoms with E-state index in [0.29, 0.717) is 30.4 Å². The topological polar surface area (TPSA) is 70.0 Å². The maximum Gasteiger partial charge on any atom is 0.408 e. The smallest absolute Gasteiger partial charge is 0.408 e. The number of methoxy groups -OCH3 is 1. The van der Waals surface area contributed by atoms with E-state index in [-0.39, 0.29) is 0 Å². The fourth-order valence-corrected chi connectivity index (χ4v) is 6.33. The van der Waals surface area contributed by atoms with E-state index in [1.54, 1.807) is 24.1 Å². The Hall–Kier alpha value is -1.66. The van der Waals surface area contributed by atoms with Gasteiger partial charge in [0.2, 0.25) is 0 Å². The summed E-state index contributed by atoms with van der Waals surface area (Å²) in [4.78, 5) is 13.9. The minimum atomic E-state index is -1.00. The van der Waals surface area contributed by atoms with Gasteiger partial charge in [-0.05, 0) is 87.8 Å². The molecule has 1 aromatic rings. The minimum Gasteiger partial charge on any atom is -0.465 e. The van der Waals surface area contributed by atoms with Gasteiger partial charge in [-0.1, -0.05) is 12.1 Å². The fourth-order valence-electron chi connectivity index (χ4n) is 6.33. The molecule has 0 unspecified atom stereocenters. The first-order valence-electron chi connectivity index (χ1n) is 10.9. The summed E-state index contributed by atoms with van der Waals surface area (Å²) in [6, 6.07) is 5.93. The molecule has 0 radical (unpaired) electrons. The molecule has 29 heavy (non-hydrogen) atoms. The molecule has 2 heterocycles. The molecule has 6 heteroatoms. The van der Waals surface area contributed by atoms with E-state index in [9.17, 15) is 19.4 Å². The van der Waals surface area contributed by atoms with Crippen LogP contribution in [0, 0.1) is 11.7 Å². The van der Waals surface area contributed by atoms with Crippen molar-refractivity contribution in [3.63, 3.8) is 0 Å². The molecule has 2 N–H and O–H groups in total. The van der Waals surface area contributed by atoms with E-state index in [2.05, 4.69) is 0 Å². The van der Waals surface area contributed by atoms with Crippen LogP contribution < -0.4 is 0 Å². The van der Waals surface area contributed by atoms with Gasteiger partial charge in [0.15, 0.2) is 0 Å². The van der Waals surface area contributed by atoms with Gasteiger partial charge in [0.05, 0.1) is 11.6 Å². The van der Waals surface area contributed by atoms with Crippen LogP contribution in [0.2, 0.25) is 0 Å². The summed E-state index contributed by atoms with van der Waals surface area (Å²) in [5.74, 6) is 0.212. The Morgan fingerprint density at radius 2 is 1.93 bits per heavy atom. The molecule has 2 bridgehead atoms. The zero-order valence-corrected chi connectivity index (χ0v) is 17.1. The molecule has 1 atom stereocenters. The van der Waals surface area contributed by atoms with E-state index >= 15 is 0 Å². The van der Waals surface area contributed by atoms with Crippen LogP contribution in [0.3, 0.4) is 0 Å². The van der Waals surface area contributed by atoms with Crippen molar-refractivity contribution in [3.8, 4) is 0 Å². The van der Waals surface area contributed by atoms with E-state index in [1.807, 2.05) is 0 Å². The van der Waals surface area contributed by atoms with Crippen LogP contribution in [0.25, 0.3) is 0 Å². The van der Waals surface area contributed by atoms with Crippen LogP contribution >= 0.6 is 0 Å². The molecule has 5 nitrogen and oxygen atoms in total. The highest BCUT2D eigenvalue weighted by Gasteiger charge is 2.65. The van der Waals surface area contributed by atoms with Crippen molar-refractivity contribution in [2.24, 2.45) is 5.92 Å². The third-order valence-corrected chi connectivity index (χ3v) is 7.98. The summed E-state index contributed by atoms with van der Waals surface area (Å²) in [6.07, 6.45) is 7.53. The van der Waals surface area contributed by atoms with Crippen LogP contribution in [-0.4, -0.2) is 45.5 Å². The lowest BCUT2D eigenvalue weighted by molar-refractivity contribution is -0.00698. The molecule has 3 aliphatic rings. The number of hydrogen-bond acceptors (Lipinski definition) is 3. The number of carboxylic acid groups (broad SMARTS) is 1. The molecule has 1 aromatic carbocycles. The van der Waals surface area contributed by atoms with Crippen LogP contribution in [0.15, 0.2) is 24.3 Å². The molecule has 1 saturated carbocycles. The van der Waals surface area contributed by atoms with Gasteiger partial charge in [0.1, 0.15) is 11.9 Å². The summed E-state index contributed by atoms with van der Waals surface area (Å²) < 4.78 is 19.2. The average molecular weight is 406 g/mol. The van der Waals surface area contributed by atoms with E-state index in [4.69, 9.17) is 4.74 Å². The van der Waals surface area contributed by atoms with Crippen molar-refractivity contribution in [1.29, 1.82) is 0 Å². The van der Waals surface area contributed by atoms with Crippen molar-refractivity contribution in [2.75, 3.05) is 7.11 Å². The lowest BCUT2D eigenvalue weighted by Gasteiger charge is -2.40. The second kappa shape index (κ2) is 7.88. The van der Waals surface area contributed by atoms with Gasteiger partial charge in [-0.3, -0.25) is 4.90 Å². The van der Waals surface area contributed by atoms with Gasteiger partial charge >= 0.3 is 6.09 Å². The van der Waals surface area contributed by atoms with Crippen molar-refractivity contribution in [2.45, 2.75) is 87.5 Å². The second-order valence-corrected chi connectivity index (χ2v) is 9.32. The second-order valence-electron chi connectivity index (χ2n) is 9.32. The SMILES string of the molecule is COC1CCC(CCC23CCC([C@@H](O)c4cccc(F)c4)(CC2)N3C(=O)O)CC1. The Bertz CT molecular complexity index is 738. The normalized spacial score (nSPS) is 35.1. The summed E-state index contributed by atoms with van der Waals surface area (Å²) in [6.45, 7) is 0. The molecule has 3 fully saturated rings. The summed E-state index contributed by atoms with van der Waals surface area (Å²) >= 11 is 0. The number of benzene rings is 1. The van der Waals surface area contributed by atoms with Crippen LogP contribution in [0.4, 0.5) is 9.18 Å². The Kier molecular flexibility index (Phi) is 5.60. The van der Waals surface area contributed by atoms with E-state index < -0.39 is 29.1 Å². The standard InChI is InChI=1S/C23H32FNO4/c1-29-19-7-5-16(6-8-19)9-10-22-11-13-23(14-12-22,25(22)21(27)28)20(26)17-3-2-4-18(24)15-17/h2-4,15-16,19-20,26H,5-14H2,1H3,(H,27,28)/t16?,19?,20-,22?,23?/m0/s1. The third kappa shape index (κ3) is 3.55. The fraction of sp³-hybridized carbons (Fsp3) is 0.696. The van der Waals surface area contributed by atoms with Crippen molar-refractivity contribution < 1.29 is 24.1 Å². The zero-order valence-electron chi connectivity index (χ0n) is 17.1. The molecule has 2 aliphatic heterocycles. The predicted octanol–water partition coefficient (Wildman–Crippen LogP) is 4.89. The summed E-state index contributed by atoms with van der Waals surface area (Å²) in [5.41, 5.74) is -0.766. The monoisotopic (exact) mass is 405 g/mol. The molecule has 4 rings (SSSR count). The Morgan fingerprint density at radius 1 is 1.24 bits per heavy atom. The van der Waals surface area contributed by atoms with Gasteiger partial charge in [-0.15, -0.1) is 0 Å². The highest BCUT2D eigenvalue weighted by Crippen LogP contribution is 2.60. The Balaban J connectivity index is 1.50. The number of carbonyl (C=O) groups is 1. The largest absolute Gasteiger partial charge is 0.465 e. The maximum absolute atomic E-state index is 13.7. The van der Waals surface area contributed by atoms with Crippen molar-refractivity contribution >= 4 is 6.09 Å². The van der Waals surface area contributed by atoms with Gasteiger partial charge in [0, 0.05) is 12.6 Å². The first-order chi connectivity index (χ1) is 13.9. The predicted molar refractivity (Wildman–Crippen MR) is 107 cm³/mol. The highest BCUT2D eigenvalue weighted by atomic mass is 19.1. The van der Waals surface area contributed by atoms with Gasteiger partial charge in [0.25, 0.3) is 0 Å². The minimum absolute atomic E-state index is 0.368. The number of aliphatic hydroxyl groups excluding tert-OH is 1. The number of hydrogen-bond donors (Lipinski definition) is 2. The number of amides is 1. The first-order valence-corrected chi connectivity index (χ1v) is 10.9. The molecule has 2 saturated heterocycles. The van der Waals surface area contributed by atoms with Crippen LogP contribution in [0.1, 0.15) is 75.9 Å². The Labute approximate surface area is 171 Å². The van der Waals surface area contributed by atoms with Crippen molar-refractivity contribution in [1.82, 2.24) is 4.90 Å². The van der Waals surface area contributed by atoms with Crippen LogP contribution in [0.5, 0.6) is 0 Å². The van der Waals surface area contributed by atoms with E-state index in [1.165, 1.54) is 12.1 Å². The summed E-state index contributed by atoms with van der Waals surface area (Å²) in [5, 5.41) is 21.2. The third-order valence-electron chi connectivity index (χ3n) is 7.98. The molecule has 1 amide bonds. The van der Waals surface area contributed by atoms with Gasteiger partial charge < -0.3 is 14.9 Å². The number of fused-ring (bicyclic) bond motifs is 2. The summed E-state index contributed by atoms with van der Waals surface area (Å²) in [7, 11) is 1.77. The first kappa shape index (κ1) is 20.6. The number of nitrogens with zero attached hydrogens (tertiary/aromatic N) is 1. The number of rotatable bonds is 6. The number of ether oxygens (including phenoxy) is 1. The maximum atomic E-state index is 13.7. The number of halogens is 1. The Morgan fingerprint density at radius 3 is 2.52 bits per heavy atom. The van der Waals surface area contributed by atoms with Crippen molar-refractivity contribution in [3.05, 3.63) is 35.6 Å². The zero-order chi connectivity index (χ0) is 20.6. The lowest BCUT2D eigenvalue weighted by atomic mass is 9.74. The molecule has 160 valence electrons. The van der Waals surface area contributed by atoms with E-state index in [0.717, 1.165) is 51.4 Å². The molecular formula is C23H32FNO4. The van der Waals surface area contributed by atoms with Gasteiger partial charge in [-0.2, -0.15) is 0 Å². The lowest BCUT2D eigenvalue weighted by Crippen LogP contribution is -2.53. The highest BCUT2D eigenvalue weighted by molar-refractivity contribution is 5.69.